The van der Waals surface area contributed by atoms with Gasteiger partial charge in [-0.15, -0.1) is 0 Å². The summed E-state index contributed by atoms with van der Waals surface area (Å²) in [6.07, 6.45) is -2.40. The summed E-state index contributed by atoms with van der Waals surface area (Å²) in [6.45, 7) is 1.89. The molecule has 5 heteroatoms. The molecule has 0 radical (unpaired) electrons. The average Bonchev–Trinajstić information content (AvgIpc) is 2.28. The van der Waals surface area contributed by atoms with Gasteiger partial charge in [-0.1, -0.05) is 29.8 Å². The van der Waals surface area contributed by atoms with Gasteiger partial charge in [0.25, 0.3) is 5.78 Å². The highest BCUT2D eigenvalue weighted by Gasteiger charge is 2.26. The average molecular weight is 220 g/mol. The molecule has 0 amide bonds. The molecule has 1 aromatic rings. The van der Waals surface area contributed by atoms with E-state index in [1.807, 2.05) is 6.92 Å². The summed E-state index contributed by atoms with van der Waals surface area (Å²) < 4.78 is 0. The zero-order valence-electron chi connectivity index (χ0n) is 8.74. The van der Waals surface area contributed by atoms with Crippen molar-refractivity contribution < 1.29 is 19.8 Å². The number of hydrogen-bond donors (Lipinski definition) is 2. The lowest BCUT2D eigenvalue weighted by Crippen LogP contribution is -2.29. The second kappa shape index (κ2) is 5.32. The van der Waals surface area contributed by atoms with Crippen LogP contribution in [0, 0.1) is 6.92 Å². The molecule has 0 aliphatic heterocycles. The van der Waals surface area contributed by atoms with Crippen LogP contribution in [0.5, 0.6) is 0 Å². The van der Waals surface area contributed by atoms with Crippen molar-refractivity contribution in [3.8, 4) is 0 Å². The fraction of sp³-hybridized carbons (Fsp3) is 0.273. The van der Waals surface area contributed by atoms with Crippen molar-refractivity contribution >= 4 is 12.0 Å². The fourth-order valence-electron chi connectivity index (χ4n) is 1.23. The summed E-state index contributed by atoms with van der Waals surface area (Å²) in [4.78, 5) is 13.6. The van der Waals surface area contributed by atoms with E-state index < -0.39 is 18.0 Å². The van der Waals surface area contributed by atoms with Crippen molar-refractivity contribution in [2.45, 2.75) is 19.1 Å². The van der Waals surface area contributed by atoms with Crippen LogP contribution in [0.2, 0.25) is 0 Å². The van der Waals surface area contributed by atoms with Gasteiger partial charge in [0, 0.05) is 0 Å². The van der Waals surface area contributed by atoms with Crippen LogP contribution in [-0.2, 0) is 4.79 Å². The van der Waals surface area contributed by atoms with Crippen molar-refractivity contribution in [2.24, 2.45) is 0 Å². The van der Waals surface area contributed by atoms with E-state index in [0.29, 0.717) is 11.8 Å². The van der Waals surface area contributed by atoms with Crippen molar-refractivity contribution in [3.05, 3.63) is 40.9 Å². The highest BCUT2D eigenvalue weighted by molar-refractivity contribution is 6.27. The second-order valence-corrected chi connectivity index (χ2v) is 3.45. The van der Waals surface area contributed by atoms with Crippen LogP contribution in [0.3, 0.4) is 0 Å². The van der Waals surface area contributed by atoms with E-state index >= 15 is 0 Å². The predicted octanol–water partition coefficient (Wildman–Crippen LogP) is 0.259. The maximum absolute atomic E-state index is 11.1. The smallest absolute Gasteiger partial charge is 0.326 e. The van der Waals surface area contributed by atoms with Crippen LogP contribution < -0.4 is 0 Å². The van der Waals surface area contributed by atoms with E-state index in [1.54, 1.807) is 24.3 Å². The third-order valence-corrected chi connectivity index (χ3v) is 2.19. The fourth-order valence-corrected chi connectivity index (χ4v) is 1.23. The molecule has 0 saturated heterocycles. The number of carbonyl (C=O) groups excluding carboxylic acids is 1. The van der Waals surface area contributed by atoms with Gasteiger partial charge in [0.15, 0.2) is 6.10 Å². The minimum Gasteiger partial charge on any atom is -0.385 e. The largest absolute Gasteiger partial charge is 0.385 e. The van der Waals surface area contributed by atoms with Crippen molar-refractivity contribution in [1.82, 2.24) is 0 Å². The van der Waals surface area contributed by atoms with Gasteiger partial charge in [0.2, 0.25) is 0 Å². The van der Waals surface area contributed by atoms with E-state index in [2.05, 4.69) is 4.79 Å². The van der Waals surface area contributed by atoms with E-state index in [4.69, 9.17) is 5.53 Å². The Balaban J connectivity index is 2.85. The Labute approximate surface area is 92.6 Å². The van der Waals surface area contributed by atoms with E-state index in [1.165, 1.54) is 0 Å². The molecule has 5 nitrogen and oxygen atoms in total. The van der Waals surface area contributed by atoms with E-state index in [-0.39, 0.29) is 0 Å². The number of benzene rings is 1. The molecule has 16 heavy (non-hydrogen) atoms. The first-order valence-electron chi connectivity index (χ1n) is 4.70. The molecule has 1 aromatic carbocycles. The normalized spacial score (nSPS) is 13.7. The predicted molar refractivity (Wildman–Crippen MR) is 56.8 cm³/mol. The Morgan fingerprint density at radius 2 is 1.94 bits per heavy atom. The van der Waals surface area contributed by atoms with Gasteiger partial charge in [0.1, 0.15) is 6.10 Å². The van der Waals surface area contributed by atoms with Crippen LogP contribution in [-0.4, -0.2) is 33.1 Å². The Morgan fingerprint density at radius 1 is 1.38 bits per heavy atom. The summed E-state index contributed by atoms with van der Waals surface area (Å²) >= 11 is 0. The van der Waals surface area contributed by atoms with Crippen LogP contribution in [0.25, 0.3) is 5.53 Å². The zero-order valence-corrected chi connectivity index (χ0v) is 8.74. The highest BCUT2D eigenvalue weighted by Crippen LogP contribution is 2.17. The standard InChI is InChI=1S/C11H12N2O3/c1-7-2-4-8(5-3-7)10(15)11(16)9(14)6-13-12/h2-6,10-11,15-16H,1H3/t10-,11-/m0/s1. The molecule has 0 fully saturated rings. The molecule has 2 N–H and O–H groups in total. The molecular formula is C11H12N2O3. The van der Waals surface area contributed by atoms with Gasteiger partial charge in [-0.2, -0.15) is 4.79 Å². The number of aliphatic hydroxyl groups excluding tert-OH is 2. The van der Waals surface area contributed by atoms with Gasteiger partial charge in [-0.25, -0.2) is 0 Å². The number of carbonyl (C=O) groups is 1. The molecule has 84 valence electrons. The highest BCUT2D eigenvalue weighted by atomic mass is 16.3. The van der Waals surface area contributed by atoms with Crippen molar-refractivity contribution in [2.75, 3.05) is 0 Å². The molecule has 0 saturated carbocycles. The molecule has 0 aromatic heterocycles. The quantitative estimate of drug-likeness (QED) is 0.433. The number of aryl methyl sites for hydroxylation is 1. The van der Waals surface area contributed by atoms with Gasteiger partial charge in [-0.05, 0) is 12.5 Å². The molecule has 0 heterocycles. The first kappa shape index (κ1) is 12.3. The lowest BCUT2D eigenvalue weighted by atomic mass is 10.0. The number of Topliss-reactive ketones (excluding diaryl/α,β-unsaturated/α-hetero) is 1. The number of nitrogens with zero attached hydrogens (tertiary/aromatic N) is 2. The monoisotopic (exact) mass is 220 g/mol. The summed E-state index contributed by atoms with van der Waals surface area (Å²) in [7, 11) is 0. The third kappa shape index (κ3) is 2.84. The summed E-state index contributed by atoms with van der Waals surface area (Å²) in [5.74, 6) is -0.851. The Hall–Kier alpha value is -1.81. The SMILES string of the molecule is Cc1ccc([C@H](O)[C@@H](O)C(=O)C=[N+]=[N-])cc1. The first-order valence-corrected chi connectivity index (χ1v) is 4.70. The van der Waals surface area contributed by atoms with Crippen LogP contribution in [0.1, 0.15) is 17.2 Å². The van der Waals surface area contributed by atoms with Gasteiger partial charge >= 0.3 is 6.21 Å². The number of hydrogen-bond acceptors (Lipinski definition) is 3. The van der Waals surface area contributed by atoms with Gasteiger partial charge in [0.05, 0.1) is 0 Å². The van der Waals surface area contributed by atoms with Crippen LogP contribution in [0.15, 0.2) is 24.3 Å². The van der Waals surface area contributed by atoms with E-state index in [0.717, 1.165) is 5.56 Å². The summed E-state index contributed by atoms with van der Waals surface area (Å²) in [6, 6.07) is 6.75. The van der Waals surface area contributed by atoms with Crippen LogP contribution in [0.4, 0.5) is 0 Å². The number of ketones is 1. The number of aliphatic hydroxyl groups is 2. The number of rotatable bonds is 4. The van der Waals surface area contributed by atoms with Crippen molar-refractivity contribution in [1.29, 1.82) is 0 Å². The molecule has 0 unspecified atom stereocenters. The first-order chi connectivity index (χ1) is 7.56. The molecule has 2 atom stereocenters. The molecule has 1 rings (SSSR count). The Kier molecular flexibility index (Phi) is 4.08. The summed E-state index contributed by atoms with van der Waals surface area (Å²) in [5, 5.41) is 19.1. The summed E-state index contributed by atoms with van der Waals surface area (Å²) in [5.41, 5.74) is 9.57. The molecule has 0 aliphatic rings. The Morgan fingerprint density at radius 3 is 2.44 bits per heavy atom. The van der Waals surface area contributed by atoms with Crippen molar-refractivity contribution in [3.63, 3.8) is 0 Å². The van der Waals surface area contributed by atoms with Gasteiger partial charge < -0.3 is 15.7 Å². The topological polar surface area (TPSA) is 93.9 Å². The maximum Gasteiger partial charge on any atom is 0.326 e. The Bertz CT molecular complexity index is 421. The second-order valence-electron chi connectivity index (χ2n) is 3.45. The molecule has 0 aliphatic carbocycles. The van der Waals surface area contributed by atoms with Gasteiger partial charge in [-0.3, -0.25) is 4.79 Å². The molecular weight excluding hydrogens is 208 g/mol. The molecule has 0 spiro atoms. The zero-order chi connectivity index (χ0) is 12.1. The minimum atomic E-state index is -1.63. The maximum atomic E-state index is 11.1. The third-order valence-electron chi connectivity index (χ3n) is 2.19. The molecule has 0 bridgehead atoms. The minimum absolute atomic E-state index is 0.429. The lowest BCUT2D eigenvalue weighted by molar-refractivity contribution is -0.129. The van der Waals surface area contributed by atoms with E-state index in [9.17, 15) is 15.0 Å². The lowest BCUT2D eigenvalue weighted by Gasteiger charge is -2.14. The van der Waals surface area contributed by atoms with Crippen LogP contribution >= 0.6 is 0 Å².